The molecule has 1 rings (SSSR count). The number of rotatable bonds is 1. The Morgan fingerprint density at radius 2 is 2.30 bits per heavy atom. The van der Waals surface area contributed by atoms with Crippen molar-refractivity contribution in [3.05, 3.63) is 17.8 Å². The topological polar surface area (TPSA) is 38.9 Å². The Kier molecular flexibility index (Phi) is 1.85. The predicted molar refractivity (Wildman–Crippen MR) is 38.4 cm³/mol. The SMILES string of the molecule is C/C=C(\C)c1nc(C)no1. The molecule has 0 saturated heterocycles. The maximum atomic E-state index is 4.89. The van der Waals surface area contributed by atoms with Crippen LogP contribution >= 0.6 is 0 Å². The highest BCUT2D eigenvalue weighted by molar-refractivity contribution is 5.54. The van der Waals surface area contributed by atoms with Crippen molar-refractivity contribution in [2.45, 2.75) is 20.8 Å². The molecule has 10 heavy (non-hydrogen) atoms. The average molecular weight is 138 g/mol. The summed E-state index contributed by atoms with van der Waals surface area (Å²) in [5.74, 6) is 1.29. The van der Waals surface area contributed by atoms with Crippen LogP contribution in [-0.2, 0) is 0 Å². The van der Waals surface area contributed by atoms with Crippen LogP contribution in [-0.4, -0.2) is 10.1 Å². The highest BCUT2D eigenvalue weighted by Gasteiger charge is 2.01. The van der Waals surface area contributed by atoms with Gasteiger partial charge in [-0.25, -0.2) is 0 Å². The second-order valence-corrected chi connectivity index (χ2v) is 2.12. The van der Waals surface area contributed by atoms with Gasteiger partial charge in [-0.05, 0) is 20.8 Å². The zero-order valence-electron chi connectivity index (χ0n) is 6.38. The van der Waals surface area contributed by atoms with Crippen LogP contribution in [0.25, 0.3) is 5.57 Å². The standard InChI is InChI=1S/C7H10N2O/c1-4-5(2)7-8-6(3)9-10-7/h4H,1-3H3/b5-4+. The smallest absolute Gasteiger partial charge is 0.253 e. The van der Waals surface area contributed by atoms with Crippen molar-refractivity contribution in [3.8, 4) is 0 Å². The van der Waals surface area contributed by atoms with E-state index in [0.717, 1.165) is 5.57 Å². The first-order valence-electron chi connectivity index (χ1n) is 3.17. The normalized spacial score (nSPS) is 12.1. The van der Waals surface area contributed by atoms with E-state index in [1.807, 2.05) is 19.9 Å². The summed E-state index contributed by atoms with van der Waals surface area (Å²) in [7, 11) is 0. The van der Waals surface area contributed by atoms with Crippen LogP contribution in [0.3, 0.4) is 0 Å². The lowest BCUT2D eigenvalue weighted by Crippen LogP contribution is -1.77. The molecule has 0 aliphatic heterocycles. The Hall–Kier alpha value is -1.12. The predicted octanol–water partition coefficient (Wildman–Crippen LogP) is 1.80. The molecule has 0 bridgehead atoms. The van der Waals surface area contributed by atoms with Crippen molar-refractivity contribution in [3.63, 3.8) is 0 Å². The molecule has 1 aromatic heterocycles. The van der Waals surface area contributed by atoms with Crippen molar-refractivity contribution in [2.75, 3.05) is 0 Å². The van der Waals surface area contributed by atoms with Gasteiger partial charge in [-0.15, -0.1) is 0 Å². The molecule has 3 heteroatoms. The van der Waals surface area contributed by atoms with Gasteiger partial charge in [-0.2, -0.15) is 4.98 Å². The number of hydrogen-bond acceptors (Lipinski definition) is 3. The summed E-state index contributed by atoms with van der Waals surface area (Å²) in [6.07, 6.45) is 1.94. The van der Waals surface area contributed by atoms with Crippen molar-refractivity contribution in [1.29, 1.82) is 0 Å². The molecule has 1 aromatic rings. The second kappa shape index (κ2) is 2.64. The van der Waals surface area contributed by atoms with E-state index in [0.29, 0.717) is 11.7 Å². The fraction of sp³-hybridized carbons (Fsp3) is 0.429. The van der Waals surface area contributed by atoms with E-state index in [4.69, 9.17) is 4.52 Å². The van der Waals surface area contributed by atoms with Gasteiger partial charge in [0.2, 0.25) is 0 Å². The monoisotopic (exact) mass is 138 g/mol. The second-order valence-electron chi connectivity index (χ2n) is 2.12. The van der Waals surface area contributed by atoms with Gasteiger partial charge in [0.25, 0.3) is 5.89 Å². The third kappa shape index (κ3) is 1.23. The van der Waals surface area contributed by atoms with Gasteiger partial charge in [0.05, 0.1) is 0 Å². The molecule has 0 saturated carbocycles. The highest BCUT2D eigenvalue weighted by Crippen LogP contribution is 2.09. The fourth-order valence-corrected chi connectivity index (χ4v) is 0.581. The van der Waals surface area contributed by atoms with E-state index in [1.54, 1.807) is 6.92 Å². The zero-order chi connectivity index (χ0) is 7.56. The third-order valence-electron chi connectivity index (χ3n) is 1.30. The molecular formula is C7H10N2O. The number of aryl methyl sites for hydroxylation is 1. The van der Waals surface area contributed by atoms with Gasteiger partial charge < -0.3 is 4.52 Å². The van der Waals surface area contributed by atoms with Crippen molar-refractivity contribution in [2.24, 2.45) is 0 Å². The fourth-order valence-electron chi connectivity index (χ4n) is 0.581. The molecule has 0 unspecified atom stereocenters. The van der Waals surface area contributed by atoms with Crippen LogP contribution in [0, 0.1) is 6.92 Å². The average Bonchev–Trinajstić information content (AvgIpc) is 2.34. The van der Waals surface area contributed by atoms with E-state index < -0.39 is 0 Å². The zero-order valence-corrected chi connectivity index (χ0v) is 6.38. The summed E-state index contributed by atoms with van der Waals surface area (Å²) in [5.41, 5.74) is 1.01. The van der Waals surface area contributed by atoms with E-state index in [-0.39, 0.29) is 0 Å². The first-order chi connectivity index (χ1) is 4.74. The Morgan fingerprint density at radius 1 is 1.60 bits per heavy atom. The molecule has 0 aliphatic rings. The van der Waals surface area contributed by atoms with Gasteiger partial charge in [-0.3, -0.25) is 0 Å². The van der Waals surface area contributed by atoms with Crippen LogP contribution < -0.4 is 0 Å². The minimum atomic E-state index is 0.611. The lowest BCUT2D eigenvalue weighted by molar-refractivity contribution is 0.402. The quantitative estimate of drug-likeness (QED) is 0.594. The molecule has 0 N–H and O–H groups in total. The van der Waals surface area contributed by atoms with Crippen LogP contribution in [0.2, 0.25) is 0 Å². The molecule has 54 valence electrons. The molecule has 0 radical (unpaired) electrons. The number of nitrogens with zero attached hydrogens (tertiary/aromatic N) is 2. The van der Waals surface area contributed by atoms with E-state index in [2.05, 4.69) is 10.1 Å². The Bertz CT molecular complexity index is 250. The largest absolute Gasteiger partial charge is 0.334 e. The van der Waals surface area contributed by atoms with Gasteiger partial charge >= 0.3 is 0 Å². The molecule has 3 nitrogen and oxygen atoms in total. The van der Waals surface area contributed by atoms with Crippen LogP contribution in [0.15, 0.2) is 10.6 Å². The molecule has 1 heterocycles. The van der Waals surface area contributed by atoms with Crippen molar-refractivity contribution in [1.82, 2.24) is 10.1 Å². The van der Waals surface area contributed by atoms with Gasteiger partial charge in [-0.1, -0.05) is 11.2 Å². The van der Waals surface area contributed by atoms with Crippen LogP contribution in [0.1, 0.15) is 25.6 Å². The Labute approximate surface area is 59.8 Å². The number of hydrogen-bond donors (Lipinski definition) is 0. The maximum Gasteiger partial charge on any atom is 0.253 e. The molecule has 0 fully saturated rings. The van der Waals surface area contributed by atoms with Crippen molar-refractivity contribution < 1.29 is 4.52 Å². The third-order valence-corrected chi connectivity index (χ3v) is 1.30. The molecule has 0 spiro atoms. The minimum Gasteiger partial charge on any atom is -0.334 e. The lowest BCUT2D eigenvalue weighted by Gasteiger charge is -1.86. The molecule has 0 atom stereocenters. The van der Waals surface area contributed by atoms with Crippen LogP contribution in [0.5, 0.6) is 0 Å². The van der Waals surface area contributed by atoms with Gasteiger partial charge in [0.1, 0.15) is 0 Å². The molecule has 0 aliphatic carbocycles. The number of allylic oxidation sites excluding steroid dienone is 2. The summed E-state index contributed by atoms with van der Waals surface area (Å²) in [6, 6.07) is 0. The Morgan fingerprint density at radius 3 is 2.70 bits per heavy atom. The van der Waals surface area contributed by atoms with E-state index in [1.165, 1.54) is 0 Å². The van der Waals surface area contributed by atoms with E-state index >= 15 is 0 Å². The van der Waals surface area contributed by atoms with Gasteiger partial charge in [0, 0.05) is 5.57 Å². The maximum absolute atomic E-state index is 4.89. The highest BCUT2D eigenvalue weighted by atomic mass is 16.5. The minimum absolute atomic E-state index is 0.611. The summed E-state index contributed by atoms with van der Waals surface area (Å²) in [4.78, 5) is 4.04. The Balaban J connectivity index is 2.95. The summed E-state index contributed by atoms with van der Waals surface area (Å²) in [6.45, 7) is 5.68. The first kappa shape index (κ1) is 6.99. The van der Waals surface area contributed by atoms with Crippen molar-refractivity contribution >= 4 is 5.57 Å². The summed E-state index contributed by atoms with van der Waals surface area (Å²) < 4.78 is 4.89. The summed E-state index contributed by atoms with van der Waals surface area (Å²) in [5, 5.41) is 3.66. The van der Waals surface area contributed by atoms with Gasteiger partial charge in [0.15, 0.2) is 5.82 Å². The molecule has 0 aromatic carbocycles. The lowest BCUT2D eigenvalue weighted by atomic mass is 10.3. The summed E-state index contributed by atoms with van der Waals surface area (Å²) >= 11 is 0. The molecule has 0 amide bonds. The van der Waals surface area contributed by atoms with Crippen LogP contribution in [0.4, 0.5) is 0 Å². The first-order valence-corrected chi connectivity index (χ1v) is 3.17. The molecular weight excluding hydrogens is 128 g/mol. The number of aromatic nitrogens is 2. The van der Waals surface area contributed by atoms with E-state index in [9.17, 15) is 0 Å².